The number of aryl methyl sites for hydroxylation is 2. The van der Waals surface area contributed by atoms with Gasteiger partial charge in [-0.2, -0.15) is 0 Å². The molecule has 0 fully saturated rings. The fourth-order valence-electron chi connectivity index (χ4n) is 1.54. The molecule has 0 unspecified atom stereocenters. The molecular weight excluding hydrogens is 218 g/mol. The number of methoxy groups -OCH3 is 1. The van der Waals surface area contributed by atoms with Crippen molar-refractivity contribution in [3.63, 3.8) is 0 Å². The van der Waals surface area contributed by atoms with Gasteiger partial charge < -0.3 is 14.0 Å². The Morgan fingerprint density at radius 1 is 1.12 bits per heavy atom. The van der Waals surface area contributed by atoms with Crippen LogP contribution in [0.1, 0.15) is 17.0 Å². The molecule has 17 heavy (non-hydrogen) atoms. The zero-order valence-corrected chi connectivity index (χ0v) is 10.2. The van der Waals surface area contributed by atoms with Crippen LogP contribution in [-0.2, 0) is 6.61 Å². The van der Waals surface area contributed by atoms with Gasteiger partial charge in [-0.05, 0) is 38.1 Å². The summed E-state index contributed by atoms with van der Waals surface area (Å²) in [7, 11) is 1.64. The number of rotatable bonds is 4. The fourth-order valence-corrected chi connectivity index (χ4v) is 1.54. The summed E-state index contributed by atoms with van der Waals surface area (Å²) in [6.45, 7) is 4.25. The summed E-state index contributed by atoms with van der Waals surface area (Å²) in [5.74, 6) is 2.41. The average molecular weight is 233 g/mol. The van der Waals surface area contributed by atoms with E-state index >= 15 is 0 Å². The van der Waals surface area contributed by atoms with E-state index in [0.29, 0.717) is 6.61 Å². The lowest BCUT2D eigenvalue weighted by molar-refractivity contribution is 0.301. The lowest BCUT2D eigenvalue weighted by atomic mass is 10.2. The van der Waals surface area contributed by atoms with Crippen LogP contribution in [-0.4, -0.2) is 12.3 Å². The molecule has 0 aliphatic heterocycles. The zero-order chi connectivity index (χ0) is 12.3. The molecule has 0 saturated carbocycles. The number of hydrogen-bond acceptors (Lipinski definition) is 4. The number of nitrogens with zero attached hydrogens (tertiary/aromatic N) is 1. The van der Waals surface area contributed by atoms with E-state index in [0.717, 1.165) is 28.5 Å². The summed E-state index contributed by atoms with van der Waals surface area (Å²) in [4.78, 5) is 0. The molecular formula is C13H15NO3. The van der Waals surface area contributed by atoms with Crippen molar-refractivity contribution in [1.29, 1.82) is 0 Å². The summed E-state index contributed by atoms with van der Waals surface area (Å²) >= 11 is 0. The second-order valence-electron chi connectivity index (χ2n) is 3.77. The maximum absolute atomic E-state index is 5.66. The van der Waals surface area contributed by atoms with Gasteiger partial charge in [0.1, 0.15) is 23.9 Å². The summed E-state index contributed by atoms with van der Waals surface area (Å²) in [5.41, 5.74) is 1.87. The number of benzene rings is 1. The van der Waals surface area contributed by atoms with Crippen LogP contribution in [0.2, 0.25) is 0 Å². The highest BCUT2D eigenvalue weighted by molar-refractivity contribution is 5.31. The van der Waals surface area contributed by atoms with Gasteiger partial charge in [0.2, 0.25) is 0 Å². The van der Waals surface area contributed by atoms with Gasteiger partial charge >= 0.3 is 0 Å². The molecule has 0 spiro atoms. The Morgan fingerprint density at radius 2 is 1.76 bits per heavy atom. The summed E-state index contributed by atoms with van der Waals surface area (Å²) in [6.07, 6.45) is 0. The van der Waals surface area contributed by atoms with Crippen LogP contribution in [0.4, 0.5) is 0 Å². The molecule has 4 nitrogen and oxygen atoms in total. The van der Waals surface area contributed by atoms with Gasteiger partial charge in [-0.1, -0.05) is 5.16 Å². The third kappa shape index (κ3) is 2.58. The molecule has 2 rings (SSSR count). The van der Waals surface area contributed by atoms with Gasteiger partial charge in [0.15, 0.2) is 0 Å². The van der Waals surface area contributed by atoms with Crippen molar-refractivity contribution in [3.05, 3.63) is 41.3 Å². The molecule has 1 heterocycles. The van der Waals surface area contributed by atoms with E-state index < -0.39 is 0 Å². The van der Waals surface area contributed by atoms with E-state index in [9.17, 15) is 0 Å². The second-order valence-corrected chi connectivity index (χ2v) is 3.77. The smallest absolute Gasteiger partial charge is 0.140 e. The third-order valence-electron chi connectivity index (χ3n) is 2.62. The second kappa shape index (κ2) is 4.91. The van der Waals surface area contributed by atoms with E-state index in [1.54, 1.807) is 7.11 Å². The Labute approximate surface area is 100 Å². The fraction of sp³-hybridized carbons (Fsp3) is 0.308. The van der Waals surface area contributed by atoms with Crippen molar-refractivity contribution < 1.29 is 14.0 Å². The largest absolute Gasteiger partial charge is 0.497 e. The molecule has 4 heteroatoms. The van der Waals surface area contributed by atoms with E-state index in [2.05, 4.69) is 5.16 Å². The normalized spacial score (nSPS) is 10.3. The first kappa shape index (κ1) is 11.5. The minimum absolute atomic E-state index is 0.466. The Bertz CT molecular complexity index is 468. The van der Waals surface area contributed by atoms with Crippen molar-refractivity contribution in [2.24, 2.45) is 0 Å². The molecule has 1 aromatic heterocycles. The van der Waals surface area contributed by atoms with Crippen LogP contribution in [0.3, 0.4) is 0 Å². The molecule has 0 saturated heterocycles. The predicted octanol–water partition coefficient (Wildman–Crippen LogP) is 2.88. The van der Waals surface area contributed by atoms with E-state index in [1.165, 1.54) is 0 Å². The monoisotopic (exact) mass is 233 g/mol. The van der Waals surface area contributed by atoms with Crippen LogP contribution < -0.4 is 9.47 Å². The van der Waals surface area contributed by atoms with Crippen LogP contribution in [0.5, 0.6) is 11.5 Å². The van der Waals surface area contributed by atoms with Gasteiger partial charge in [0.05, 0.1) is 18.4 Å². The van der Waals surface area contributed by atoms with Gasteiger partial charge in [0.25, 0.3) is 0 Å². The SMILES string of the molecule is COc1ccc(OCc2c(C)noc2C)cc1. The summed E-state index contributed by atoms with van der Waals surface area (Å²) in [6, 6.07) is 7.47. The van der Waals surface area contributed by atoms with Gasteiger partial charge in [0, 0.05) is 0 Å². The van der Waals surface area contributed by atoms with Crippen molar-refractivity contribution in [1.82, 2.24) is 5.16 Å². The zero-order valence-electron chi connectivity index (χ0n) is 10.2. The molecule has 1 aromatic carbocycles. The van der Waals surface area contributed by atoms with Crippen molar-refractivity contribution in [2.45, 2.75) is 20.5 Å². The molecule has 0 aliphatic rings. The Morgan fingerprint density at radius 3 is 2.29 bits per heavy atom. The molecule has 0 amide bonds. The van der Waals surface area contributed by atoms with E-state index in [-0.39, 0.29) is 0 Å². The Kier molecular flexibility index (Phi) is 3.32. The topological polar surface area (TPSA) is 44.5 Å². The molecule has 0 N–H and O–H groups in total. The van der Waals surface area contributed by atoms with E-state index in [1.807, 2.05) is 38.1 Å². The van der Waals surface area contributed by atoms with E-state index in [4.69, 9.17) is 14.0 Å². The van der Waals surface area contributed by atoms with Crippen LogP contribution in [0.25, 0.3) is 0 Å². The maximum Gasteiger partial charge on any atom is 0.140 e. The third-order valence-corrected chi connectivity index (χ3v) is 2.62. The van der Waals surface area contributed by atoms with Crippen LogP contribution in [0, 0.1) is 13.8 Å². The van der Waals surface area contributed by atoms with Gasteiger partial charge in [-0.15, -0.1) is 0 Å². The Hall–Kier alpha value is -1.97. The highest BCUT2D eigenvalue weighted by atomic mass is 16.5. The van der Waals surface area contributed by atoms with Crippen molar-refractivity contribution in [2.75, 3.05) is 7.11 Å². The Balaban J connectivity index is 2.02. The van der Waals surface area contributed by atoms with Crippen LogP contribution >= 0.6 is 0 Å². The number of ether oxygens (including phenoxy) is 2. The molecule has 0 bridgehead atoms. The average Bonchev–Trinajstić information content (AvgIpc) is 2.67. The molecule has 2 aromatic rings. The lowest BCUT2D eigenvalue weighted by Gasteiger charge is -2.06. The molecule has 0 radical (unpaired) electrons. The first-order chi connectivity index (χ1) is 8.20. The quantitative estimate of drug-likeness (QED) is 0.814. The number of aromatic nitrogens is 1. The molecule has 0 aliphatic carbocycles. The van der Waals surface area contributed by atoms with Gasteiger partial charge in [-0.25, -0.2) is 0 Å². The lowest BCUT2D eigenvalue weighted by Crippen LogP contribution is -1.97. The van der Waals surface area contributed by atoms with Crippen molar-refractivity contribution in [3.8, 4) is 11.5 Å². The summed E-state index contributed by atoms with van der Waals surface area (Å²) < 4.78 is 15.8. The molecule has 90 valence electrons. The highest BCUT2D eigenvalue weighted by Gasteiger charge is 2.09. The summed E-state index contributed by atoms with van der Waals surface area (Å²) in [5, 5.41) is 3.88. The minimum atomic E-state index is 0.466. The first-order valence-corrected chi connectivity index (χ1v) is 5.39. The number of hydrogen-bond donors (Lipinski definition) is 0. The predicted molar refractivity (Wildman–Crippen MR) is 63.3 cm³/mol. The standard InChI is InChI=1S/C13H15NO3/c1-9-13(10(2)17-14-9)8-16-12-6-4-11(15-3)5-7-12/h4-7H,8H2,1-3H3. The highest BCUT2D eigenvalue weighted by Crippen LogP contribution is 2.20. The minimum Gasteiger partial charge on any atom is -0.497 e. The van der Waals surface area contributed by atoms with Crippen LogP contribution in [0.15, 0.2) is 28.8 Å². The van der Waals surface area contributed by atoms with Gasteiger partial charge in [-0.3, -0.25) is 0 Å². The van der Waals surface area contributed by atoms with Crippen molar-refractivity contribution >= 4 is 0 Å². The first-order valence-electron chi connectivity index (χ1n) is 5.39. The molecule has 0 atom stereocenters. The maximum atomic E-state index is 5.66.